The summed E-state index contributed by atoms with van der Waals surface area (Å²) < 4.78 is 0. The second-order valence-electron chi connectivity index (χ2n) is 8.28. The summed E-state index contributed by atoms with van der Waals surface area (Å²) in [6.45, 7) is 2.61. The Bertz CT molecular complexity index is 1170. The highest BCUT2D eigenvalue weighted by atomic mass is 16.4. The Labute approximate surface area is 198 Å². The van der Waals surface area contributed by atoms with Gasteiger partial charge in [-0.15, -0.1) is 0 Å². The molecule has 0 saturated carbocycles. The molecule has 0 spiro atoms. The molecule has 1 heterocycles. The van der Waals surface area contributed by atoms with Crippen LogP contribution in [0.15, 0.2) is 72.8 Å². The number of nitrogens with zero attached hydrogens (tertiary/aromatic N) is 1. The topological polar surface area (TPSA) is 98.7 Å². The van der Waals surface area contributed by atoms with Gasteiger partial charge in [-0.3, -0.25) is 4.79 Å². The lowest BCUT2D eigenvalue weighted by atomic mass is 10.0. The van der Waals surface area contributed by atoms with Crippen molar-refractivity contribution in [1.82, 2.24) is 4.90 Å². The number of carbonyl (C=O) groups is 3. The molecule has 0 aromatic heterocycles. The van der Waals surface area contributed by atoms with Gasteiger partial charge in [0.15, 0.2) is 0 Å². The lowest BCUT2D eigenvalue weighted by Gasteiger charge is -2.24. The van der Waals surface area contributed by atoms with Gasteiger partial charge in [0, 0.05) is 17.9 Å². The molecule has 1 fully saturated rings. The number of urea groups is 1. The van der Waals surface area contributed by atoms with Crippen LogP contribution in [-0.2, 0) is 11.2 Å². The molecule has 1 saturated heterocycles. The molecule has 0 radical (unpaired) electrons. The summed E-state index contributed by atoms with van der Waals surface area (Å²) in [6, 6.07) is 20.9. The predicted molar refractivity (Wildman–Crippen MR) is 132 cm³/mol. The van der Waals surface area contributed by atoms with E-state index in [1.165, 1.54) is 5.56 Å². The van der Waals surface area contributed by atoms with Gasteiger partial charge in [-0.05, 0) is 72.4 Å². The average Bonchev–Trinajstić information content (AvgIpc) is 3.36. The summed E-state index contributed by atoms with van der Waals surface area (Å²) >= 11 is 0. The predicted octanol–water partition coefficient (Wildman–Crippen LogP) is 5.25. The fourth-order valence-corrected chi connectivity index (χ4v) is 4.08. The van der Waals surface area contributed by atoms with Crippen LogP contribution in [0.5, 0.6) is 0 Å². The van der Waals surface area contributed by atoms with Crippen LogP contribution in [-0.4, -0.2) is 40.5 Å². The Hall–Kier alpha value is -4.13. The monoisotopic (exact) mass is 457 g/mol. The highest BCUT2D eigenvalue weighted by Gasteiger charge is 2.34. The number of carboxylic acid groups (broad SMARTS) is 1. The van der Waals surface area contributed by atoms with Gasteiger partial charge in [-0.1, -0.05) is 43.3 Å². The lowest BCUT2D eigenvalue weighted by Crippen LogP contribution is -2.45. The summed E-state index contributed by atoms with van der Waals surface area (Å²) in [5.74, 6) is -1.18. The maximum absolute atomic E-state index is 12.9. The first-order chi connectivity index (χ1) is 16.4. The zero-order chi connectivity index (χ0) is 24.1. The van der Waals surface area contributed by atoms with Crippen LogP contribution in [0.1, 0.15) is 35.7 Å². The number of nitrogens with one attached hydrogen (secondary N) is 2. The molecule has 4 rings (SSSR count). The van der Waals surface area contributed by atoms with E-state index in [1.54, 1.807) is 41.3 Å². The van der Waals surface area contributed by atoms with E-state index >= 15 is 0 Å². The lowest BCUT2D eigenvalue weighted by molar-refractivity contribution is -0.119. The number of carboxylic acids is 1. The number of aryl methyl sites for hydroxylation is 1. The normalized spacial score (nSPS) is 15.1. The standard InChI is InChI=1S/C27H27N3O4/c1-2-18-5-13-23(14-6-18)29-27(34)30-17-3-4-24(30)25(31)28-22-15-11-20(12-16-22)19-7-9-21(10-8-19)26(32)33/h5-16,24H,2-4,17H2,1H3,(H,28,31)(H,29,34)(H,32,33)/t24-/m1/s1. The van der Waals surface area contributed by atoms with Gasteiger partial charge < -0.3 is 20.6 Å². The second kappa shape index (κ2) is 10.2. The fraction of sp³-hybridized carbons (Fsp3) is 0.222. The van der Waals surface area contributed by atoms with Crippen molar-refractivity contribution < 1.29 is 19.5 Å². The molecule has 3 amide bonds. The highest BCUT2D eigenvalue weighted by Crippen LogP contribution is 2.24. The van der Waals surface area contributed by atoms with Gasteiger partial charge in [-0.2, -0.15) is 0 Å². The van der Waals surface area contributed by atoms with E-state index in [9.17, 15) is 14.4 Å². The minimum absolute atomic E-state index is 0.215. The quantitative estimate of drug-likeness (QED) is 0.471. The number of likely N-dealkylation sites (tertiary alicyclic amines) is 1. The Morgan fingerprint density at radius 2 is 1.41 bits per heavy atom. The van der Waals surface area contributed by atoms with E-state index in [0.717, 1.165) is 24.0 Å². The minimum Gasteiger partial charge on any atom is -0.478 e. The van der Waals surface area contributed by atoms with E-state index in [-0.39, 0.29) is 17.5 Å². The Kier molecular flexibility index (Phi) is 6.92. The Balaban J connectivity index is 1.38. The van der Waals surface area contributed by atoms with Gasteiger partial charge in [0.1, 0.15) is 6.04 Å². The molecule has 0 aliphatic carbocycles. The SMILES string of the molecule is CCc1ccc(NC(=O)N2CCC[C@@H]2C(=O)Nc2ccc(-c3ccc(C(=O)O)cc3)cc2)cc1. The Morgan fingerprint density at radius 3 is 2.00 bits per heavy atom. The highest BCUT2D eigenvalue weighted by molar-refractivity contribution is 5.99. The van der Waals surface area contributed by atoms with E-state index in [2.05, 4.69) is 17.6 Å². The second-order valence-corrected chi connectivity index (χ2v) is 8.28. The largest absolute Gasteiger partial charge is 0.478 e. The van der Waals surface area contributed by atoms with Crippen molar-refractivity contribution in [3.8, 4) is 11.1 Å². The maximum Gasteiger partial charge on any atom is 0.335 e. The molecule has 3 N–H and O–H groups in total. The van der Waals surface area contributed by atoms with Crippen molar-refractivity contribution in [3.05, 3.63) is 83.9 Å². The molecule has 7 nitrogen and oxygen atoms in total. The van der Waals surface area contributed by atoms with Crippen LogP contribution in [0, 0.1) is 0 Å². The summed E-state index contributed by atoms with van der Waals surface area (Å²) in [5.41, 5.74) is 4.56. The van der Waals surface area contributed by atoms with E-state index in [1.807, 2.05) is 36.4 Å². The van der Waals surface area contributed by atoms with Crippen molar-refractivity contribution >= 4 is 29.3 Å². The molecule has 1 aliphatic heterocycles. The van der Waals surface area contributed by atoms with E-state index in [0.29, 0.717) is 24.3 Å². The van der Waals surface area contributed by atoms with Crippen molar-refractivity contribution in [2.24, 2.45) is 0 Å². The van der Waals surface area contributed by atoms with Crippen molar-refractivity contribution in [3.63, 3.8) is 0 Å². The van der Waals surface area contributed by atoms with E-state index < -0.39 is 12.0 Å². The van der Waals surface area contributed by atoms with Crippen LogP contribution in [0.4, 0.5) is 16.2 Å². The first-order valence-corrected chi connectivity index (χ1v) is 11.4. The molecule has 34 heavy (non-hydrogen) atoms. The Morgan fingerprint density at radius 1 is 0.853 bits per heavy atom. The van der Waals surface area contributed by atoms with Crippen molar-refractivity contribution in [2.75, 3.05) is 17.2 Å². The number of amides is 3. The molecule has 1 atom stereocenters. The summed E-state index contributed by atoms with van der Waals surface area (Å²) in [6.07, 6.45) is 2.31. The molecule has 7 heteroatoms. The van der Waals surface area contributed by atoms with Crippen LogP contribution in [0.25, 0.3) is 11.1 Å². The zero-order valence-corrected chi connectivity index (χ0v) is 19.0. The third-order valence-corrected chi connectivity index (χ3v) is 6.05. The third kappa shape index (κ3) is 5.26. The van der Waals surface area contributed by atoms with Gasteiger partial charge in [0.2, 0.25) is 5.91 Å². The molecular formula is C27H27N3O4. The molecule has 0 unspecified atom stereocenters. The van der Waals surface area contributed by atoms with Gasteiger partial charge in [-0.25, -0.2) is 9.59 Å². The number of aromatic carboxylic acids is 1. The summed E-state index contributed by atoms with van der Waals surface area (Å²) in [4.78, 5) is 38.3. The van der Waals surface area contributed by atoms with Crippen LogP contribution in [0.3, 0.4) is 0 Å². The average molecular weight is 458 g/mol. The molecule has 3 aromatic carbocycles. The number of anilines is 2. The number of hydrogen-bond donors (Lipinski definition) is 3. The van der Waals surface area contributed by atoms with Crippen LogP contribution < -0.4 is 10.6 Å². The number of benzene rings is 3. The van der Waals surface area contributed by atoms with Crippen molar-refractivity contribution in [1.29, 1.82) is 0 Å². The smallest absolute Gasteiger partial charge is 0.335 e. The third-order valence-electron chi connectivity index (χ3n) is 6.05. The zero-order valence-electron chi connectivity index (χ0n) is 19.0. The van der Waals surface area contributed by atoms with Crippen LogP contribution in [0.2, 0.25) is 0 Å². The van der Waals surface area contributed by atoms with Crippen LogP contribution >= 0.6 is 0 Å². The maximum atomic E-state index is 12.9. The first-order valence-electron chi connectivity index (χ1n) is 11.4. The van der Waals surface area contributed by atoms with Gasteiger partial charge >= 0.3 is 12.0 Å². The molecular weight excluding hydrogens is 430 g/mol. The van der Waals surface area contributed by atoms with Gasteiger partial charge in [0.05, 0.1) is 5.56 Å². The summed E-state index contributed by atoms with van der Waals surface area (Å²) in [5, 5.41) is 14.8. The molecule has 174 valence electrons. The number of hydrogen-bond acceptors (Lipinski definition) is 3. The number of carbonyl (C=O) groups excluding carboxylic acids is 2. The first kappa shape index (κ1) is 23.0. The molecule has 0 bridgehead atoms. The van der Waals surface area contributed by atoms with Gasteiger partial charge in [0.25, 0.3) is 0 Å². The fourth-order valence-electron chi connectivity index (χ4n) is 4.08. The summed E-state index contributed by atoms with van der Waals surface area (Å²) in [7, 11) is 0. The number of rotatable bonds is 6. The van der Waals surface area contributed by atoms with Crippen molar-refractivity contribution in [2.45, 2.75) is 32.2 Å². The molecule has 3 aromatic rings. The molecule has 1 aliphatic rings. The minimum atomic E-state index is -0.964. The van der Waals surface area contributed by atoms with E-state index in [4.69, 9.17) is 5.11 Å².